The SMILES string of the molecule is CCOP(=O)(NC(NC(NC(=O)c1ccccc1)C(Cl)Cl)C(Cl)(Cl)Cl)OCC. The van der Waals surface area contributed by atoms with Crippen molar-refractivity contribution in [1.29, 1.82) is 0 Å². The number of amides is 1. The molecular weight excluding hydrogens is 494 g/mol. The maximum atomic E-state index is 12.7. The standard InChI is InChI=1S/C15H21Cl5N3O4P/c1-3-26-28(25,27-4-2)23-14(15(18,19)20)22-12(11(16)17)21-13(24)10-8-6-5-7-9-10/h5-9,11-12,14,22H,3-4H2,1-2H3,(H,21,24)(H,23,25). The van der Waals surface area contributed by atoms with Gasteiger partial charge in [0.1, 0.15) is 17.2 Å². The molecule has 2 atom stereocenters. The predicted molar refractivity (Wildman–Crippen MR) is 114 cm³/mol. The topological polar surface area (TPSA) is 88.7 Å². The Morgan fingerprint density at radius 2 is 1.64 bits per heavy atom. The third kappa shape index (κ3) is 8.92. The van der Waals surface area contributed by atoms with E-state index in [-0.39, 0.29) is 13.2 Å². The molecule has 0 saturated carbocycles. The molecule has 3 N–H and O–H groups in total. The van der Waals surface area contributed by atoms with Gasteiger partial charge in [0.05, 0.1) is 13.2 Å². The lowest BCUT2D eigenvalue weighted by atomic mass is 10.2. The highest BCUT2D eigenvalue weighted by molar-refractivity contribution is 7.51. The normalized spacial score (nSPS) is 14.7. The molecule has 7 nitrogen and oxygen atoms in total. The number of carbonyl (C=O) groups is 1. The molecule has 1 rings (SSSR count). The van der Waals surface area contributed by atoms with Gasteiger partial charge < -0.3 is 5.32 Å². The molecule has 0 saturated heterocycles. The van der Waals surface area contributed by atoms with E-state index in [1.54, 1.807) is 44.2 Å². The van der Waals surface area contributed by atoms with Gasteiger partial charge >= 0.3 is 7.75 Å². The summed E-state index contributed by atoms with van der Waals surface area (Å²) in [6.45, 7) is 3.42. The maximum Gasteiger partial charge on any atom is 0.406 e. The first-order valence-electron chi connectivity index (χ1n) is 8.16. The third-order valence-corrected chi connectivity index (χ3v) is 6.06. The summed E-state index contributed by atoms with van der Waals surface area (Å²) in [7, 11) is -3.82. The molecule has 0 aliphatic heterocycles. The van der Waals surface area contributed by atoms with Crippen molar-refractivity contribution in [2.75, 3.05) is 13.2 Å². The Hall–Kier alpha value is 0.210. The van der Waals surface area contributed by atoms with Crippen LogP contribution in [0.2, 0.25) is 0 Å². The monoisotopic (exact) mass is 513 g/mol. The van der Waals surface area contributed by atoms with Gasteiger partial charge in [-0.15, -0.1) is 23.2 Å². The summed E-state index contributed by atoms with van der Waals surface area (Å²) in [4.78, 5) is 11.3. The first-order valence-corrected chi connectivity index (χ1v) is 11.7. The smallest absolute Gasteiger partial charge is 0.334 e. The second-order valence-corrected chi connectivity index (χ2v) is 10.6. The molecule has 160 valence electrons. The fourth-order valence-electron chi connectivity index (χ4n) is 1.99. The minimum absolute atomic E-state index is 0.0820. The fraction of sp³-hybridized carbons (Fsp3) is 0.533. The Morgan fingerprint density at radius 3 is 2.07 bits per heavy atom. The van der Waals surface area contributed by atoms with Crippen LogP contribution in [-0.2, 0) is 13.6 Å². The Bertz CT molecular complexity index is 653. The lowest BCUT2D eigenvalue weighted by Crippen LogP contribution is -2.60. The van der Waals surface area contributed by atoms with Crippen LogP contribution in [0.4, 0.5) is 0 Å². The molecule has 0 heterocycles. The van der Waals surface area contributed by atoms with E-state index in [0.29, 0.717) is 5.56 Å². The van der Waals surface area contributed by atoms with Crippen LogP contribution in [0.15, 0.2) is 30.3 Å². The van der Waals surface area contributed by atoms with Crippen molar-refractivity contribution in [2.24, 2.45) is 0 Å². The highest BCUT2D eigenvalue weighted by Gasteiger charge is 2.41. The van der Waals surface area contributed by atoms with Gasteiger partial charge in [-0.25, -0.2) is 9.65 Å². The van der Waals surface area contributed by atoms with Gasteiger partial charge in [-0.05, 0) is 26.0 Å². The molecule has 2 unspecified atom stereocenters. The fourth-order valence-corrected chi connectivity index (χ4v) is 4.33. The molecule has 28 heavy (non-hydrogen) atoms. The molecule has 1 amide bonds. The van der Waals surface area contributed by atoms with Gasteiger partial charge in [0.15, 0.2) is 0 Å². The zero-order chi connectivity index (χ0) is 21.4. The number of rotatable bonds is 11. The van der Waals surface area contributed by atoms with Crippen molar-refractivity contribution < 1.29 is 18.4 Å². The number of halogens is 5. The van der Waals surface area contributed by atoms with Crippen LogP contribution < -0.4 is 15.7 Å². The van der Waals surface area contributed by atoms with Gasteiger partial charge in [-0.2, -0.15) is 0 Å². The first kappa shape index (κ1) is 26.2. The van der Waals surface area contributed by atoms with Crippen LogP contribution in [-0.4, -0.2) is 40.1 Å². The summed E-state index contributed by atoms with van der Waals surface area (Å²) in [5.41, 5.74) is 0.371. The molecule has 0 aliphatic carbocycles. The summed E-state index contributed by atoms with van der Waals surface area (Å²) in [5.74, 6) is -0.467. The summed E-state index contributed by atoms with van der Waals surface area (Å²) < 4.78 is 21.0. The second-order valence-electron chi connectivity index (χ2n) is 5.26. The molecule has 1 aromatic carbocycles. The molecule has 0 aliphatic rings. The maximum absolute atomic E-state index is 12.7. The summed E-state index contributed by atoms with van der Waals surface area (Å²) >= 11 is 29.9. The highest BCUT2D eigenvalue weighted by Crippen LogP contribution is 2.46. The molecule has 0 bridgehead atoms. The number of alkyl halides is 5. The Balaban J connectivity index is 3.00. The zero-order valence-electron chi connectivity index (χ0n) is 15.0. The number of benzene rings is 1. The molecule has 13 heteroatoms. The van der Waals surface area contributed by atoms with Crippen LogP contribution in [0.5, 0.6) is 0 Å². The van der Waals surface area contributed by atoms with E-state index in [2.05, 4.69) is 15.7 Å². The predicted octanol–water partition coefficient (Wildman–Crippen LogP) is 4.60. The van der Waals surface area contributed by atoms with Crippen LogP contribution in [0, 0.1) is 0 Å². The average Bonchev–Trinajstić information content (AvgIpc) is 2.60. The van der Waals surface area contributed by atoms with Gasteiger partial charge in [0, 0.05) is 5.56 Å². The molecule has 0 fully saturated rings. The summed E-state index contributed by atoms with van der Waals surface area (Å²) in [6, 6.07) is 8.37. The first-order chi connectivity index (χ1) is 13.0. The van der Waals surface area contributed by atoms with Crippen molar-refractivity contribution in [2.45, 2.75) is 34.8 Å². The number of carbonyl (C=O) groups excluding carboxylic acids is 1. The molecule has 0 radical (unpaired) electrons. The van der Waals surface area contributed by atoms with Gasteiger partial charge in [0.2, 0.25) is 3.79 Å². The molecule has 1 aromatic rings. The van der Waals surface area contributed by atoms with Crippen LogP contribution >= 0.6 is 65.8 Å². The van der Waals surface area contributed by atoms with E-state index in [9.17, 15) is 9.36 Å². The van der Waals surface area contributed by atoms with Crippen molar-refractivity contribution in [3.63, 3.8) is 0 Å². The quantitative estimate of drug-likeness (QED) is 0.227. The van der Waals surface area contributed by atoms with Crippen molar-refractivity contribution >= 4 is 71.7 Å². The van der Waals surface area contributed by atoms with Gasteiger partial charge in [-0.1, -0.05) is 53.0 Å². The zero-order valence-corrected chi connectivity index (χ0v) is 19.7. The van der Waals surface area contributed by atoms with Crippen molar-refractivity contribution in [3.05, 3.63) is 35.9 Å². The number of hydrogen-bond acceptors (Lipinski definition) is 5. The minimum atomic E-state index is -3.82. The van der Waals surface area contributed by atoms with Crippen LogP contribution in [0.25, 0.3) is 0 Å². The number of hydrogen-bond donors (Lipinski definition) is 3. The lowest BCUT2D eigenvalue weighted by molar-refractivity contribution is 0.0928. The Labute approximate surface area is 189 Å². The summed E-state index contributed by atoms with van der Waals surface area (Å²) in [5, 5.41) is 7.82. The van der Waals surface area contributed by atoms with Crippen molar-refractivity contribution in [3.8, 4) is 0 Å². The Kier molecular flexibility index (Phi) is 11.4. The highest BCUT2D eigenvalue weighted by atomic mass is 35.6. The largest absolute Gasteiger partial charge is 0.406 e. The molecule has 0 spiro atoms. The molecular formula is C15H21Cl5N3O4P. The van der Waals surface area contributed by atoms with Crippen molar-refractivity contribution in [1.82, 2.24) is 15.7 Å². The second kappa shape index (κ2) is 12.2. The minimum Gasteiger partial charge on any atom is -0.334 e. The van der Waals surface area contributed by atoms with E-state index in [1.807, 2.05) is 0 Å². The van der Waals surface area contributed by atoms with E-state index < -0.39 is 34.6 Å². The average molecular weight is 516 g/mol. The van der Waals surface area contributed by atoms with E-state index >= 15 is 0 Å². The molecule has 0 aromatic heterocycles. The van der Waals surface area contributed by atoms with E-state index in [1.165, 1.54) is 0 Å². The van der Waals surface area contributed by atoms with Crippen LogP contribution in [0.3, 0.4) is 0 Å². The third-order valence-electron chi connectivity index (χ3n) is 3.13. The van der Waals surface area contributed by atoms with E-state index in [4.69, 9.17) is 67.1 Å². The van der Waals surface area contributed by atoms with Gasteiger partial charge in [0.25, 0.3) is 5.91 Å². The summed E-state index contributed by atoms with van der Waals surface area (Å²) in [6.07, 6.45) is -2.37. The van der Waals surface area contributed by atoms with E-state index in [0.717, 1.165) is 0 Å². The lowest BCUT2D eigenvalue weighted by Gasteiger charge is -2.33. The number of nitrogens with one attached hydrogen (secondary N) is 3. The van der Waals surface area contributed by atoms with Crippen LogP contribution in [0.1, 0.15) is 24.2 Å². The Morgan fingerprint density at radius 1 is 1.11 bits per heavy atom. The van der Waals surface area contributed by atoms with Gasteiger partial charge in [-0.3, -0.25) is 19.2 Å².